The summed E-state index contributed by atoms with van der Waals surface area (Å²) in [6.07, 6.45) is 1.41. The zero-order valence-electron chi connectivity index (χ0n) is 16.8. The van der Waals surface area contributed by atoms with E-state index in [2.05, 4.69) is 21.2 Å². The quantitative estimate of drug-likeness (QED) is 0.502. The third-order valence-corrected chi connectivity index (χ3v) is 4.98. The highest BCUT2D eigenvalue weighted by Gasteiger charge is 2.37. The largest absolute Gasteiger partial charge is 0.493 e. The molecule has 0 spiro atoms. The molecule has 0 atom stereocenters. The smallest absolute Gasteiger partial charge is 0.335 e. The third-order valence-electron chi connectivity index (χ3n) is 4.36. The Morgan fingerprint density at radius 1 is 1.00 bits per heavy atom. The van der Waals surface area contributed by atoms with Crippen LogP contribution >= 0.6 is 15.9 Å². The van der Waals surface area contributed by atoms with Gasteiger partial charge in [-0.15, -0.1) is 0 Å². The molecule has 2 aromatic rings. The first-order valence-electron chi connectivity index (χ1n) is 9.43. The molecule has 30 heavy (non-hydrogen) atoms. The maximum absolute atomic E-state index is 13.1. The Kier molecular flexibility index (Phi) is 6.56. The number of barbiturate groups is 1. The molecule has 2 aromatic carbocycles. The minimum Gasteiger partial charge on any atom is -0.493 e. The number of aryl methyl sites for hydroxylation is 1. The molecule has 0 bridgehead atoms. The van der Waals surface area contributed by atoms with E-state index in [4.69, 9.17) is 9.47 Å². The monoisotopic (exact) mass is 472 g/mol. The van der Waals surface area contributed by atoms with Crippen LogP contribution in [0.15, 0.2) is 46.4 Å². The first-order chi connectivity index (χ1) is 14.3. The fourth-order valence-corrected chi connectivity index (χ4v) is 3.43. The lowest BCUT2D eigenvalue weighted by Crippen LogP contribution is -2.54. The van der Waals surface area contributed by atoms with Gasteiger partial charge in [-0.05, 0) is 61.0 Å². The molecule has 1 N–H and O–H groups in total. The van der Waals surface area contributed by atoms with E-state index in [0.717, 1.165) is 10.5 Å². The van der Waals surface area contributed by atoms with Gasteiger partial charge in [0, 0.05) is 11.6 Å². The van der Waals surface area contributed by atoms with Gasteiger partial charge in [0.1, 0.15) is 17.1 Å². The summed E-state index contributed by atoms with van der Waals surface area (Å²) < 4.78 is 11.9. The second-order valence-corrected chi connectivity index (χ2v) is 7.33. The van der Waals surface area contributed by atoms with Crippen LogP contribution in [0.3, 0.4) is 0 Å². The molecule has 0 radical (unpaired) electrons. The highest BCUT2D eigenvalue weighted by Crippen LogP contribution is 2.35. The number of urea groups is 1. The van der Waals surface area contributed by atoms with Crippen LogP contribution in [-0.2, 0) is 9.59 Å². The molecule has 0 saturated carbocycles. The lowest BCUT2D eigenvalue weighted by Gasteiger charge is -2.26. The van der Waals surface area contributed by atoms with Crippen molar-refractivity contribution in [2.24, 2.45) is 0 Å². The van der Waals surface area contributed by atoms with Crippen LogP contribution < -0.4 is 19.7 Å². The van der Waals surface area contributed by atoms with Gasteiger partial charge >= 0.3 is 6.03 Å². The number of carbonyl (C=O) groups excluding carboxylic acids is 3. The molecule has 0 aliphatic carbocycles. The van der Waals surface area contributed by atoms with Crippen molar-refractivity contribution in [2.45, 2.75) is 20.8 Å². The van der Waals surface area contributed by atoms with Crippen LogP contribution in [0.1, 0.15) is 25.0 Å². The Bertz CT molecular complexity index is 1030. The second kappa shape index (κ2) is 9.13. The van der Waals surface area contributed by atoms with Crippen molar-refractivity contribution in [3.8, 4) is 11.5 Å². The summed E-state index contributed by atoms with van der Waals surface area (Å²) in [5, 5.41) is 2.22. The number of hydrogen-bond acceptors (Lipinski definition) is 5. The summed E-state index contributed by atoms with van der Waals surface area (Å²) in [7, 11) is 0. The average Bonchev–Trinajstić information content (AvgIpc) is 2.70. The van der Waals surface area contributed by atoms with Gasteiger partial charge in [-0.1, -0.05) is 17.7 Å². The summed E-state index contributed by atoms with van der Waals surface area (Å²) in [6, 6.07) is 9.48. The van der Waals surface area contributed by atoms with Crippen molar-refractivity contribution in [3.63, 3.8) is 0 Å². The Balaban J connectivity index is 2.05. The summed E-state index contributed by atoms with van der Waals surface area (Å²) >= 11 is 3.43. The fourth-order valence-electron chi connectivity index (χ4n) is 2.95. The van der Waals surface area contributed by atoms with Gasteiger partial charge in [0.05, 0.1) is 23.4 Å². The van der Waals surface area contributed by atoms with E-state index in [-0.39, 0.29) is 5.57 Å². The van der Waals surface area contributed by atoms with Crippen LogP contribution in [0.4, 0.5) is 10.5 Å². The second-order valence-electron chi connectivity index (χ2n) is 6.48. The number of hydrogen-bond donors (Lipinski definition) is 1. The van der Waals surface area contributed by atoms with Crippen molar-refractivity contribution in [2.75, 3.05) is 18.1 Å². The van der Waals surface area contributed by atoms with Crippen LogP contribution in [-0.4, -0.2) is 31.1 Å². The summed E-state index contributed by atoms with van der Waals surface area (Å²) in [4.78, 5) is 38.8. The van der Waals surface area contributed by atoms with E-state index in [1.807, 2.05) is 20.8 Å². The Morgan fingerprint density at radius 2 is 1.63 bits per heavy atom. The molecular weight excluding hydrogens is 452 g/mol. The lowest BCUT2D eigenvalue weighted by atomic mass is 10.1. The number of amides is 4. The Morgan fingerprint density at radius 3 is 2.27 bits per heavy atom. The van der Waals surface area contributed by atoms with E-state index in [0.29, 0.717) is 40.4 Å². The van der Waals surface area contributed by atoms with Gasteiger partial charge in [0.2, 0.25) is 0 Å². The van der Waals surface area contributed by atoms with Crippen LogP contribution in [0.25, 0.3) is 6.08 Å². The minimum atomic E-state index is -0.788. The molecule has 7 nitrogen and oxygen atoms in total. The zero-order valence-corrected chi connectivity index (χ0v) is 18.4. The van der Waals surface area contributed by atoms with Crippen LogP contribution in [0, 0.1) is 6.92 Å². The highest BCUT2D eigenvalue weighted by atomic mass is 79.9. The maximum atomic E-state index is 13.1. The van der Waals surface area contributed by atoms with Crippen molar-refractivity contribution in [3.05, 3.63) is 57.6 Å². The molecule has 1 aliphatic rings. The molecule has 1 aliphatic heterocycles. The SMILES string of the molecule is CCOc1cc(OCC)c(/C=C2\C(=O)NC(=O)N(c3ccc(C)cc3)C2=O)cc1Br. The normalized spacial score (nSPS) is 15.4. The van der Waals surface area contributed by atoms with E-state index in [1.54, 1.807) is 36.4 Å². The number of benzene rings is 2. The Hall–Kier alpha value is -3.13. The minimum absolute atomic E-state index is 0.174. The van der Waals surface area contributed by atoms with E-state index >= 15 is 0 Å². The van der Waals surface area contributed by atoms with Crippen molar-refractivity contribution < 1.29 is 23.9 Å². The fraction of sp³-hybridized carbons (Fsp3) is 0.227. The number of halogens is 1. The lowest BCUT2D eigenvalue weighted by molar-refractivity contribution is -0.122. The van der Waals surface area contributed by atoms with Gasteiger partial charge in [-0.25, -0.2) is 9.69 Å². The molecule has 1 saturated heterocycles. The zero-order chi connectivity index (χ0) is 21.8. The third kappa shape index (κ3) is 4.38. The van der Waals surface area contributed by atoms with Crippen LogP contribution in [0.2, 0.25) is 0 Å². The number of anilines is 1. The molecule has 8 heteroatoms. The number of nitrogens with one attached hydrogen (secondary N) is 1. The average molecular weight is 473 g/mol. The van der Waals surface area contributed by atoms with Crippen molar-refractivity contribution >= 4 is 45.5 Å². The molecule has 1 heterocycles. The highest BCUT2D eigenvalue weighted by molar-refractivity contribution is 9.10. The van der Waals surface area contributed by atoms with Gasteiger partial charge in [-0.2, -0.15) is 0 Å². The van der Waals surface area contributed by atoms with Crippen molar-refractivity contribution in [1.82, 2.24) is 5.32 Å². The molecule has 1 fully saturated rings. The molecule has 4 amide bonds. The number of nitrogens with zero attached hydrogens (tertiary/aromatic N) is 1. The molecule has 0 aromatic heterocycles. The predicted octanol–water partition coefficient (Wildman–Crippen LogP) is 4.22. The summed E-state index contributed by atoms with van der Waals surface area (Å²) in [5.41, 5.74) is 1.69. The standard InChI is InChI=1S/C22H21BrN2O5/c1-4-29-18-12-19(30-5-2)17(23)11-14(18)10-16-20(26)24-22(28)25(21(16)27)15-8-6-13(3)7-9-15/h6-12H,4-5H2,1-3H3,(H,24,26,28)/b16-10+. The number of carbonyl (C=O) groups is 3. The number of ether oxygens (including phenoxy) is 2. The van der Waals surface area contributed by atoms with Gasteiger partial charge in [0.25, 0.3) is 11.8 Å². The van der Waals surface area contributed by atoms with Gasteiger partial charge < -0.3 is 9.47 Å². The topological polar surface area (TPSA) is 84.9 Å². The summed E-state index contributed by atoms with van der Waals surface area (Å²) in [5.74, 6) is -0.434. The number of rotatable bonds is 6. The molecule has 156 valence electrons. The predicted molar refractivity (Wildman–Crippen MR) is 117 cm³/mol. The Labute approximate surface area is 182 Å². The number of imide groups is 2. The first-order valence-corrected chi connectivity index (χ1v) is 10.2. The maximum Gasteiger partial charge on any atom is 0.335 e. The van der Waals surface area contributed by atoms with Crippen LogP contribution in [0.5, 0.6) is 11.5 Å². The molecule has 3 rings (SSSR count). The van der Waals surface area contributed by atoms with E-state index in [9.17, 15) is 14.4 Å². The van der Waals surface area contributed by atoms with E-state index in [1.165, 1.54) is 6.08 Å². The molecule has 0 unspecified atom stereocenters. The summed E-state index contributed by atoms with van der Waals surface area (Å²) in [6.45, 7) is 6.45. The molecular formula is C22H21BrN2O5. The van der Waals surface area contributed by atoms with E-state index < -0.39 is 17.8 Å². The van der Waals surface area contributed by atoms with Gasteiger partial charge in [0.15, 0.2) is 0 Å². The first kappa shape index (κ1) is 21.6. The van der Waals surface area contributed by atoms with Gasteiger partial charge in [-0.3, -0.25) is 14.9 Å². The van der Waals surface area contributed by atoms with Crippen molar-refractivity contribution in [1.29, 1.82) is 0 Å².